The van der Waals surface area contributed by atoms with Gasteiger partial charge >= 0.3 is 0 Å². The van der Waals surface area contributed by atoms with Crippen molar-refractivity contribution in [2.45, 2.75) is 13.0 Å². The molecule has 140 valence electrons. The average Bonchev–Trinajstić information content (AvgIpc) is 3.04. The average molecular weight is 482 g/mol. The summed E-state index contributed by atoms with van der Waals surface area (Å²) in [7, 11) is 3.56. The first-order valence-electron chi connectivity index (χ1n) is 8.23. The molecule has 0 bridgehead atoms. The van der Waals surface area contributed by atoms with Gasteiger partial charge in [0.15, 0.2) is 17.5 Å². The van der Waals surface area contributed by atoms with Crippen molar-refractivity contribution in [3.8, 4) is 11.5 Å². The van der Waals surface area contributed by atoms with Gasteiger partial charge in [-0.2, -0.15) is 0 Å². The number of nitrogens with one attached hydrogen (secondary N) is 1. The van der Waals surface area contributed by atoms with Crippen molar-refractivity contribution in [3.63, 3.8) is 0 Å². The molecule has 1 aromatic carbocycles. The van der Waals surface area contributed by atoms with E-state index in [-0.39, 0.29) is 24.0 Å². The van der Waals surface area contributed by atoms with Crippen LogP contribution in [0.5, 0.6) is 11.5 Å². The maximum atomic E-state index is 6.29. The van der Waals surface area contributed by atoms with Crippen LogP contribution in [-0.2, 0) is 11.3 Å². The highest BCUT2D eigenvalue weighted by molar-refractivity contribution is 14.0. The van der Waals surface area contributed by atoms with Gasteiger partial charge in [-0.05, 0) is 24.1 Å². The Morgan fingerprint density at radius 3 is 2.96 bits per heavy atom. The Labute approximate surface area is 170 Å². The molecule has 0 saturated carbocycles. The van der Waals surface area contributed by atoms with Gasteiger partial charge < -0.3 is 24.4 Å². The number of nitrogens with zero attached hydrogens (tertiary/aromatic N) is 2. The molecule has 2 aliphatic heterocycles. The molecule has 25 heavy (non-hydrogen) atoms. The van der Waals surface area contributed by atoms with Crippen molar-refractivity contribution in [1.82, 2.24) is 10.2 Å². The van der Waals surface area contributed by atoms with Gasteiger partial charge in [-0.3, -0.25) is 4.99 Å². The molecule has 1 atom stereocenters. The molecule has 8 heteroatoms. The van der Waals surface area contributed by atoms with E-state index in [1.807, 2.05) is 19.2 Å². The quantitative estimate of drug-likeness (QED) is 0.407. The van der Waals surface area contributed by atoms with Crippen LogP contribution in [0.4, 0.5) is 0 Å². The van der Waals surface area contributed by atoms with Gasteiger partial charge in [0.1, 0.15) is 13.2 Å². The van der Waals surface area contributed by atoms with Crippen molar-refractivity contribution in [2.75, 3.05) is 47.1 Å². The minimum absolute atomic E-state index is 0. The van der Waals surface area contributed by atoms with Crippen LogP contribution >= 0.6 is 35.6 Å². The summed E-state index contributed by atoms with van der Waals surface area (Å²) >= 11 is 6.29. The molecule has 6 nitrogen and oxygen atoms in total. The van der Waals surface area contributed by atoms with E-state index in [0.29, 0.717) is 42.2 Å². The number of benzene rings is 1. The largest absolute Gasteiger partial charge is 0.486 e. The summed E-state index contributed by atoms with van der Waals surface area (Å²) in [5.74, 6) is 2.82. The summed E-state index contributed by atoms with van der Waals surface area (Å²) in [6.07, 6.45) is 1.13. The van der Waals surface area contributed by atoms with Gasteiger partial charge in [0.05, 0.1) is 11.6 Å². The summed E-state index contributed by atoms with van der Waals surface area (Å²) in [5, 5.41) is 3.99. The van der Waals surface area contributed by atoms with Crippen molar-refractivity contribution >= 4 is 41.5 Å². The van der Waals surface area contributed by atoms with Crippen LogP contribution in [0.1, 0.15) is 12.0 Å². The molecule has 0 amide bonds. The molecule has 1 saturated heterocycles. The third-order valence-corrected chi connectivity index (χ3v) is 4.59. The Morgan fingerprint density at radius 1 is 1.40 bits per heavy atom. The predicted octanol–water partition coefficient (Wildman–Crippen LogP) is 2.77. The van der Waals surface area contributed by atoms with E-state index in [4.69, 9.17) is 25.8 Å². The van der Waals surface area contributed by atoms with E-state index in [1.165, 1.54) is 0 Å². The highest BCUT2D eigenvalue weighted by Crippen LogP contribution is 2.38. The first-order chi connectivity index (χ1) is 11.7. The van der Waals surface area contributed by atoms with Gasteiger partial charge in [-0.25, -0.2) is 0 Å². The third kappa shape index (κ3) is 5.04. The SMILES string of the molecule is CN=C(NCc1cc(Cl)c2c(c1)OCCO2)N1CCC(COC)C1.I. The molecule has 1 aromatic rings. The fraction of sp³-hybridized carbons (Fsp3) is 0.588. The fourth-order valence-corrected chi connectivity index (χ4v) is 3.46. The number of rotatable bonds is 4. The second kappa shape index (κ2) is 9.68. The van der Waals surface area contributed by atoms with Gasteiger partial charge in [-0.1, -0.05) is 11.6 Å². The zero-order chi connectivity index (χ0) is 16.9. The normalized spacial score (nSPS) is 19.6. The molecule has 1 N–H and O–H groups in total. The van der Waals surface area contributed by atoms with Crippen LogP contribution in [0.2, 0.25) is 5.02 Å². The van der Waals surface area contributed by atoms with E-state index in [1.54, 1.807) is 7.11 Å². The van der Waals surface area contributed by atoms with Crippen LogP contribution in [0.25, 0.3) is 0 Å². The van der Waals surface area contributed by atoms with Crippen molar-refractivity contribution in [2.24, 2.45) is 10.9 Å². The smallest absolute Gasteiger partial charge is 0.193 e. The standard InChI is InChI=1S/C17H24ClN3O3.HI/c1-19-17(21-4-3-12(10-21)11-22-2)20-9-13-7-14(18)16-15(8-13)23-5-6-24-16;/h7-8,12H,3-6,9-11H2,1-2H3,(H,19,20);1H. The lowest BCUT2D eigenvalue weighted by molar-refractivity contribution is 0.157. The molecule has 2 heterocycles. The predicted molar refractivity (Wildman–Crippen MR) is 110 cm³/mol. The molecule has 1 unspecified atom stereocenters. The second-order valence-electron chi connectivity index (χ2n) is 6.06. The minimum Gasteiger partial charge on any atom is -0.486 e. The molecule has 3 rings (SSSR count). The maximum absolute atomic E-state index is 6.29. The van der Waals surface area contributed by atoms with Crippen LogP contribution in [0.15, 0.2) is 17.1 Å². The Kier molecular flexibility index (Phi) is 7.89. The van der Waals surface area contributed by atoms with E-state index in [9.17, 15) is 0 Å². The Balaban J connectivity index is 0.00000225. The number of methoxy groups -OCH3 is 1. The highest BCUT2D eigenvalue weighted by atomic mass is 127. The lowest BCUT2D eigenvalue weighted by atomic mass is 10.1. The number of fused-ring (bicyclic) bond motifs is 1. The molecule has 0 radical (unpaired) electrons. The molecule has 0 spiro atoms. The molecule has 1 fully saturated rings. The summed E-state index contributed by atoms with van der Waals surface area (Å²) in [4.78, 5) is 6.66. The number of aliphatic imine (C=N–C) groups is 1. The van der Waals surface area contributed by atoms with Gasteiger partial charge in [0.25, 0.3) is 0 Å². The summed E-state index contributed by atoms with van der Waals surface area (Å²) in [5.41, 5.74) is 1.04. The highest BCUT2D eigenvalue weighted by Gasteiger charge is 2.24. The fourth-order valence-electron chi connectivity index (χ4n) is 3.18. The van der Waals surface area contributed by atoms with E-state index < -0.39 is 0 Å². The number of likely N-dealkylation sites (tertiary alicyclic amines) is 1. The molecule has 0 aliphatic carbocycles. The first-order valence-corrected chi connectivity index (χ1v) is 8.61. The minimum atomic E-state index is 0. The van der Waals surface area contributed by atoms with Gasteiger partial charge in [-0.15, -0.1) is 24.0 Å². The van der Waals surface area contributed by atoms with E-state index in [2.05, 4.69) is 15.2 Å². The first kappa shape index (κ1) is 20.4. The maximum Gasteiger partial charge on any atom is 0.193 e. The molecular weight excluding hydrogens is 457 g/mol. The second-order valence-corrected chi connectivity index (χ2v) is 6.47. The van der Waals surface area contributed by atoms with Crippen LogP contribution < -0.4 is 14.8 Å². The lowest BCUT2D eigenvalue weighted by Gasteiger charge is -2.23. The van der Waals surface area contributed by atoms with Crippen molar-refractivity contribution in [1.29, 1.82) is 0 Å². The monoisotopic (exact) mass is 481 g/mol. The van der Waals surface area contributed by atoms with Crippen molar-refractivity contribution in [3.05, 3.63) is 22.7 Å². The molecule has 0 aromatic heterocycles. The number of hydrogen-bond acceptors (Lipinski definition) is 4. The Bertz CT molecular complexity index is 615. The summed E-state index contributed by atoms with van der Waals surface area (Å²) < 4.78 is 16.4. The summed E-state index contributed by atoms with van der Waals surface area (Å²) in [6.45, 7) is 4.48. The Hall–Kier alpha value is -0.930. The number of halogens is 2. The van der Waals surface area contributed by atoms with Crippen LogP contribution in [-0.4, -0.2) is 57.9 Å². The lowest BCUT2D eigenvalue weighted by Crippen LogP contribution is -2.39. The zero-order valence-corrected chi connectivity index (χ0v) is 17.7. The summed E-state index contributed by atoms with van der Waals surface area (Å²) in [6, 6.07) is 3.88. The van der Waals surface area contributed by atoms with Crippen molar-refractivity contribution < 1.29 is 14.2 Å². The van der Waals surface area contributed by atoms with E-state index in [0.717, 1.165) is 37.6 Å². The van der Waals surface area contributed by atoms with E-state index >= 15 is 0 Å². The number of ether oxygens (including phenoxy) is 3. The van der Waals surface area contributed by atoms with Gasteiger partial charge in [0.2, 0.25) is 0 Å². The van der Waals surface area contributed by atoms with Crippen LogP contribution in [0, 0.1) is 5.92 Å². The topological polar surface area (TPSA) is 55.3 Å². The molecule has 2 aliphatic rings. The third-order valence-electron chi connectivity index (χ3n) is 4.31. The zero-order valence-electron chi connectivity index (χ0n) is 14.6. The number of hydrogen-bond donors (Lipinski definition) is 1. The molecular formula is C17H25ClIN3O3. The van der Waals surface area contributed by atoms with Crippen LogP contribution in [0.3, 0.4) is 0 Å². The Morgan fingerprint density at radius 2 is 2.20 bits per heavy atom. The van der Waals surface area contributed by atoms with Gasteiger partial charge in [0, 0.05) is 39.7 Å². The number of guanidine groups is 1.